The number of hydrogen-bond donors (Lipinski definition) is 2. The number of aromatic amines is 1. The molecule has 3 heterocycles. The Morgan fingerprint density at radius 3 is 2.82 bits per heavy atom. The van der Waals surface area contributed by atoms with E-state index >= 15 is 0 Å². The van der Waals surface area contributed by atoms with E-state index in [-0.39, 0.29) is 0 Å². The van der Waals surface area contributed by atoms with Gasteiger partial charge in [-0.15, -0.1) is 0 Å². The molecule has 6 heteroatoms. The fraction of sp³-hybridized carbons (Fsp3) is 0. The molecule has 0 radical (unpaired) electrons. The Morgan fingerprint density at radius 1 is 1.18 bits per heavy atom. The fourth-order valence-electron chi connectivity index (χ4n) is 1.54. The van der Waals surface area contributed by atoms with Gasteiger partial charge in [0, 0.05) is 10.7 Å². The lowest BCUT2D eigenvalue weighted by atomic mass is 10.3. The number of imidazole rings is 1. The van der Waals surface area contributed by atoms with E-state index in [0.717, 1.165) is 15.7 Å². The molecule has 3 aromatic rings. The standard InChI is InChI=1S/C11H8BrN5/c12-6-3-9-10(15-4-6)17-11(16-9)8-2-1-7(13)5-14-8/h1-5H,13H2,(H,15,16,17). The van der Waals surface area contributed by atoms with Crippen molar-refractivity contribution in [3.63, 3.8) is 0 Å². The summed E-state index contributed by atoms with van der Waals surface area (Å²) in [4.78, 5) is 15.9. The number of H-pyrrole nitrogens is 1. The van der Waals surface area contributed by atoms with E-state index < -0.39 is 0 Å². The van der Waals surface area contributed by atoms with Crippen LogP contribution in [-0.4, -0.2) is 19.9 Å². The maximum atomic E-state index is 5.59. The van der Waals surface area contributed by atoms with E-state index in [0.29, 0.717) is 17.2 Å². The summed E-state index contributed by atoms with van der Waals surface area (Å²) in [5.74, 6) is 0.686. The number of pyridine rings is 2. The highest BCUT2D eigenvalue weighted by Crippen LogP contribution is 2.20. The monoisotopic (exact) mass is 289 g/mol. The first-order chi connectivity index (χ1) is 8.22. The second-order valence-electron chi connectivity index (χ2n) is 3.59. The van der Waals surface area contributed by atoms with Gasteiger partial charge in [-0.05, 0) is 34.1 Å². The van der Waals surface area contributed by atoms with Crippen molar-refractivity contribution in [2.45, 2.75) is 0 Å². The van der Waals surface area contributed by atoms with Gasteiger partial charge in [-0.2, -0.15) is 0 Å². The number of halogens is 1. The second-order valence-corrected chi connectivity index (χ2v) is 4.50. The van der Waals surface area contributed by atoms with E-state index in [9.17, 15) is 0 Å². The van der Waals surface area contributed by atoms with E-state index in [1.807, 2.05) is 12.1 Å². The molecule has 0 spiro atoms. The number of nitrogens with one attached hydrogen (secondary N) is 1. The summed E-state index contributed by atoms with van der Waals surface area (Å²) in [6.45, 7) is 0. The summed E-state index contributed by atoms with van der Waals surface area (Å²) in [5.41, 5.74) is 8.50. The van der Waals surface area contributed by atoms with Crippen molar-refractivity contribution in [3.8, 4) is 11.5 Å². The molecular weight excluding hydrogens is 282 g/mol. The van der Waals surface area contributed by atoms with Crippen molar-refractivity contribution in [1.82, 2.24) is 19.9 Å². The Kier molecular flexibility index (Phi) is 2.29. The van der Waals surface area contributed by atoms with E-state index in [4.69, 9.17) is 5.73 Å². The van der Waals surface area contributed by atoms with Gasteiger partial charge in [0.05, 0.1) is 17.4 Å². The van der Waals surface area contributed by atoms with Crippen molar-refractivity contribution in [3.05, 3.63) is 35.1 Å². The molecule has 0 aliphatic carbocycles. The topological polar surface area (TPSA) is 80.5 Å². The number of fused-ring (bicyclic) bond motifs is 1. The molecule has 3 aromatic heterocycles. The lowest BCUT2D eigenvalue weighted by molar-refractivity contribution is 1.23. The normalized spacial score (nSPS) is 10.9. The van der Waals surface area contributed by atoms with Crippen LogP contribution >= 0.6 is 15.9 Å². The predicted molar refractivity (Wildman–Crippen MR) is 69.2 cm³/mol. The predicted octanol–water partition coefficient (Wildman–Crippen LogP) is 2.36. The summed E-state index contributed by atoms with van der Waals surface area (Å²) in [5, 5.41) is 0. The Bertz CT molecular complexity index is 674. The molecule has 0 aliphatic heterocycles. The molecule has 0 unspecified atom stereocenters. The van der Waals surface area contributed by atoms with Crippen LogP contribution in [0.3, 0.4) is 0 Å². The molecule has 0 fully saturated rings. The minimum Gasteiger partial charge on any atom is -0.397 e. The number of rotatable bonds is 1. The van der Waals surface area contributed by atoms with Gasteiger partial charge in [-0.1, -0.05) is 0 Å². The third-order valence-electron chi connectivity index (χ3n) is 2.33. The van der Waals surface area contributed by atoms with Crippen LogP contribution in [0.2, 0.25) is 0 Å². The van der Waals surface area contributed by atoms with Gasteiger partial charge in [0.2, 0.25) is 0 Å². The van der Waals surface area contributed by atoms with Crippen LogP contribution in [0.1, 0.15) is 0 Å². The van der Waals surface area contributed by atoms with Crippen LogP contribution in [0.15, 0.2) is 35.1 Å². The lowest BCUT2D eigenvalue weighted by Gasteiger charge is -1.95. The zero-order chi connectivity index (χ0) is 11.8. The molecule has 0 aromatic carbocycles. The van der Waals surface area contributed by atoms with Crippen LogP contribution in [0, 0.1) is 0 Å². The quantitative estimate of drug-likeness (QED) is 0.721. The van der Waals surface area contributed by atoms with Crippen molar-refractivity contribution >= 4 is 32.8 Å². The molecule has 0 saturated heterocycles. The fourth-order valence-corrected chi connectivity index (χ4v) is 1.87. The smallest absolute Gasteiger partial charge is 0.178 e. The number of nitrogens with two attached hydrogens (primary N) is 1. The van der Waals surface area contributed by atoms with Gasteiger partial charge in [-0.3, -0.25) is 4.98 Å². The van der Waals surface area contributed by atoms with Crippen molar-refractivity contribution in [1.29, 1.82) is 0 Å². The summed E-state index contributed by atoms with van der Waals surface area (Å²) >= 11 is 3.37. The zero-order valence-electron chi connectivity index (χ0n) is 8.68. The van der Waals surface area contributed by atoms with E-state index in [2.05, 4.69) is 35.9 Å². The van der Waals surface area contributed by atoms with Gasteiger partial charge < -0.3 is 10.7 Å². The Hall–Kier alpha value is -1.95. The van der Waals surface area contributed by atoms with E-state index in [1.165, 1.54) is 0 Å². The van der Waals surface area contributed by atoms with Crippen LogP contribution in [0.25, 0.3) is 22.7 Å². The minimum absolute atomic E-state index is 0.630. The summed E-state index contributed by atoms with van der Waals surface area (Å²) in [6.07, 6.45) is 3.31. The Balaban J connectivity index is 2.14. The number of nitrogen functional groups attached to an aromatic ring is 1. The highest BCUT2D eigenvalue weighted by Gasteiger charge is 2.07. The first-order valence-electron chi connectivity index (χ1n) is 4.95. The van der Waals surface area contributed by atoms with Crippen molar-refractivity contribution in [2.75, 3.05) is 5.73 Å². The Labute approximate surface area is 105 Å². The van der Waals surface area contributed by atoms with Gasteiger partial charge in [-0.25, -0.2) is 9.97 Å². The number of hydrogen-bond acceptors (Lipinski definition) is 4. The molecule has 17 heavy (non-hydrogen) atoms. The SMILES string of the molecule is Nc1ccc(-c2nc3ncc(Br)cc3[nH]2)nc1. The third-order valence-corrected chi connectivity index (χ3v) is 2.77. The van der Waals surface area contributed by atoms with Crippen LogP contribution in [0.5, 0.6) is 0 Å². The molecule has 84 valence electrons. The maximum absolute atomic E-state index is 5.59. The Morgan fingerprint density at radius 2 is 2.06 bits per heavy atom. The highest BCUT2D eigenvalue weighted by molar-refractivity contribution is 9.10. The average molecular weight is 290 g/mol. The minimum atomic E-state index is 0.630. The first-order valence-corrected chi connectivity index (χ1v) is 5.75. The summed E-state index contributed by atoms with van der Waals surface area (Å²) in [7, 11) is 0. The molecule has 0 bridgehead atoms. The van der Waals surface area contributed by atoms with Crippen molar-refractivity contribution in [2.24, 2.45) is 0 Å². The van der Waals surface area contributed by atoms with Crippen LogP contribution in [-0.2, 0) is 0 Å². The summed E-state index contributed by atoms with van der Waals surface area (Å²) < 4.78 is 0.908. The first kappa shape index (κ1) is 10.2. The number of anilines is 1. The highest BCUT2D eigenvalue weighted by atomic mass is 79.9. The summed E-state index contributed by atoms with van der Waals surface area (Å²) in [6, 6.07) is 5.54. The zero-order valence-corrected chi connectivity index (χ0v) is 10.3. The molecule has 3 rings (SSSR count). The number of aromatic nitrogens is 4. The van der Waals surface area contributed by atoms with Crippen LogP contribution < -0.4 is 5.73 Å². The molecule has 3 N–H and O–H groups in total. The second kappa shape index (κ2) is 3.81. The molecule has 0 atom stereocenters. The van der Waals surface area contributed by atoms with Crippen molar-refractivity contribution < 1.29 is 0 Å². The van der Waals surface area contributed by atoms with Gasteiger partial charge in [0.15, 0.2) is 11.5 Å². The van der Waals surface area contributed by atoms with E-state index in [1.54, 1.807) is 18.5 Å². The van der Waals surface area contributed by atoms with Gasteiger partial charge in [0.25, 0.3) is 0 Å². The third kappa shape index (κ3) is 1.87. The lowest BCUT2D eigenvalue weighted by Crippen LogP contribution is -1.89. The molecule has 0 amide bonds. The maximum Gasteiger partial charge on any atom is 0.178 e. The molecule has 5 nitrogen and oxygen atoms in total. The molecule has 0 aliphatic rings. The average Bonchev–Trinajstić information content (AvgIpc) is 2.72. The largest absolute Gasteiger partial charge is 0.397 e. The van der Waals surface area contributed by atoms with Gasteiger partial charge in [0.1, 0.15) is 5.69 Å². The number of nitrogens with zero attached hydrogens (tertiary/aromatic N) is 3. The van der Waals surface area contributed by atoms with Gasteiger partial charge >= 0.3 is 0 Å². The van der Waals surface area contributed by atoms with Crippen LogP contribution in [0.4, 0.5) is 5.69 Å². The molecule has 0 saturated carbocycles. The molecular formula is C11H8BrN5.